The van der Waals surface area contributed by atoms with Gasteiger partial charge in [-0.05, 0) is 84.8 Å². The summed E-state index contributed by atoms with van der Waals surface area (Å²) in [5.74, 6) is -2.65. The summed E-state index contributed by atoms with van der Waals surface area (Å²) in [6.45, 7) is 19.0. The number of hydrogen-bond donors (Lipinski definition) is 5. The van der Waals surface area contributed by atoms with Gasteiger partial charge in [-0.3, -0.25) is 24.2 Å². The van der Waals surface area contributed by atoms with E-state index in [1.165, 1.54) is 6.92 Å². The second kappa shape index (κ2) is 19.6. The number of fused-ring (bicyclic) bond motifs is 14. The number of ketones is 2. The first kappa shape index (κ1) is 46.4. The number of benzene rings is 1. The largest absolute Gasteiger partial charge is 0.507 e. The molecule has 3 aliphatic heterocycles. The van der Waals surface area contributed by atoms with Crippen LogP contribution >= 0.6 is 0 Å². The lowest BCUT2D eigenvalue weighted by Crippen LogP contribution is -2.43. The highest BCUT2D eigenvalue weighted by atomic mass is 16.5. The Kier molecular flexibility index (Phi) is 15.7. The van der Waals surface area contributed by atoms with E-state index in [1.807, 2.05) is 47.9 Å². The molecule has 58 heavy (non-hydrogen) atoms. The highest BCUT2D eigenvalue weighted by Crippen LogP contribution is 2.49. The molecule has 5 rings (SSSR count). The van der Waals surface area contributed by atoms with Gasteiger partial charge in [-0.25, -0.2) is 0 Å². The van der Waals surface area contributed by atoms with Crippen LogP contribution in [0, 0.1) is 36.5 Å². The first-order valence-corrected chi connectivity index (χ1v) is 20.8. The van der Waals surface area contributed by atoms with Crippen LogP contribution in [0.3, 0.4) is 0 Å². The van der Waals surface area contributed by atoms with Gasteiger partial charge in [-0.15, -0.1) is 0 Å². The molecule has 0 aromatic heterocycles. The lowest BCUT2D eigenvalue weighted by molar-refractivity contribution is -0.156. The van der Waals surface area contributed by atoms with Crippen LogP contribution in [0.15, 0.2) is 40.2 Å². The molecular formula is C45H67N5O8. The normalized spacial score (nSPS) is 29.9. The SMILES string of the molecule is CCN(C)C[C@@H](CNC)CNC1=C2NC(=O)/C(C)=C\C=C\[C@H](C)C[C@@H](C)[C@@H](O)[C@@H](C)[C@H](OC(C)=O)[C@H](C)CCC[C@@]3(C)Oc4c(C)c(O)c(c(c4C3=O)C1=NC)C2=O. The summed E-state index contributed by atoms with van der Waals surface area (Å²) in [4.78, 5) is 62.5. The number of hydrogen-bond acceptors (Lipinski definition) is 12. The molecule has 5 bridgehead atoms. The second-order valence-electron chi connectivity index (χ2n) is 17.1. The van der Waals surface area contributed by atoms with Crippen LogP contribution in [0.2, 0.25) is 0 Å². The molecule has 4 aliphatic rings. The monoisotopic (exact) mass is 805 g/mol. The van der Waals surface area contributed by atoms with Crippen LogP contribution in [0.1, 0.15) is 113 Å². The maximum atomic E-state index is 14.7. The Morgan fingerprint density at radius 3 is 2.43 bits per heavy atom. The first-order valence-electron chi connectivity index (χ1n) is 20.8. The first-order chi connectivity index (χ1) is 27.3. The lowest BCUT2D eigenvalue weighted by Gasteiger charge is -2.35. The van der Waals surface area contributed by atoms with E-state index in [9.17, 15) is 29.4 Å². The van der Waals surface area contributed by atoms with Crippen LogP contribution in [0.25, 0.3) is 0 Å². The van der Waals surface area contributed by atoms with Crippen molar-refractivity contribution in [2.45, 2.75) is 106 Å². The molecular weight excluding hydrogens is 739 g/mol. The number of aliphatic imine (C=N–C) groups is 1. The molecule has 1 amide bonds. The number of nitrogens with one attached hydrogen (secondary N) is 3. The number of nitrogens with zero attached hydrogens (tertiary/aromatic N) is 2. The minimum absolute atomic E-state index is 0.0387. The number of phenols is 1. The predicted molar refractivity (Wildman–Crippen MR) is 226 cm³/mol. The number of esters is 1. The predicted octanol–water partition coefficient (Wildman–Crippen LogP) is 5.27. The highest BCUT2D eigenvalue weighted by molar-refractivity contribution is 6.34. The minimum Gasteiger partial charge on any atom is -0.507 e. The van der Waals surface area contributed by atoms with Crippen molar-refractivity contribution >= 4 is 29.2 Å². The molecule has 5 N–H and O–H groups in total. The third-order valence-electron chi connectivity index (χ3n) is 12.2. The van der Waals surface area contributed by atoms with Gasteiger partial charge < -0.3 is 40.5 Å². The fourth-order valence-electron chi connectivity index (χ4n) is 8.70. The Bertz CT molecular complexity index is 1870. The van der Waals surface area contributed by atoms with Gasteiger partial charge in [0, 0.05) is 62.1 Å². The van der Waals surface area contributed by atoms with E-state index in [2.05, 4.69) is 32.8 Å². The maximum absolute atomic E-state index is 14.7. The summed E-state index contributed by atoms with van der Waals surface area (Å²) in [5.41, 5.74) is -0.155. The van der Waals surface area contributed by atoms with E-state index in [-0.39, 0.29) is 86.2 Å². The minimum atomic E-state index is -1.35. The van der Waals surface area contributed by atoms with Crippen LogP contribution in [0.4, 0.5) is 0 Å². The number of ether oxygens (including phenoxy) is 2. The van der Waals surface area contributed by atoms with E-state index in [1.54, 1.807) is 40.0 Å². The maximum Gasteiger partial charge on any atom is 0.302 e. The van der Waals surface area contributed by atoms with E-state index < -0.39 is 35.5 Å². The molecule has 0 fully saturated rings. The molecule has 0 saturated carbocycles. The van der Waals surface area contributed by atoms with Crippen molar-refractivity contribution in [1.82, 2.24) is 20.9 Å². The average Bonchev–Trinajstić information content (AvgIpc) is 3.43. The van der Waals surface area contributed by atoms with Crippen LogP contribution < -0.4 is 20.7 Å². The Labute approximate surface area is 344 Å². The Morgan fingerprint density at radius 2 is 1.81 bits per heavy atom. The molecule has 0 spiro atoms. The van der Waals surface area contributed by atoms with Gasteiger partial charge in [-0.2, -0.15) is 0 Å². The number of rotatable bonds is 9. The topological polar surface area (TPSA) is 179 Å². The smallest absolute Gasteiger partial charge is 0.302 e. The van der Waals surface area contributed by atoms with Gasteiger partial charge in [0.15, 0.2) is 5.60 Å². The van der Waals surface area contributed by atoms with Gasteiger partial charge >= 0.3 is 5.97 Å². The molecule has 1 aromatic rings. The summed E-state index contributed by atoms with van der Waals surface area (Å²) in [7, 11) is 5.46. The molecule has 13 heteroatoms. The van der Waals surface area contributed by atoms with Gasteiger partial charge in [0.2, 0.25) is 11.6 Å². The summed E-state index contributed by atoms with van der Waals surface area (Å²) < 4.78 is 12.4. The number of aliphatic hydroxyl groups is 1. The van der Waals surface area contributed by atoms with Crippen molar-refractivity contribution < 1.29 is 38.9 Å². The van der Waals surface area contributed by atoms with Crippen LogP contribution in [0.5, 0.6) is 11.5 Å². The van der Waals surface area contributed by atoms with E-state index in [0.29, 0.717) is 44.3 Å². The molecule has 0 saturated heterocycles. The molecule has 0 unspecified atom stereocenters. The zero-order valence-corrected chi connectivity index (χ0v) is 36.7. The Hall–Kier alpha value is -4.33. The third kappa shape index (κ3) is 9.92. The van der Waals surface area contributed by atoms with Gasteiger partial charge in [0.05, 0.1) is 28.6 Å². The van der Waals surface area contributed by atoms with Gasteiger partial charge in [-0.1, -0.05) is 52.8 Å². The number of allylic oxidation sites excluding steroid dienone is 5. The average molecular weight is 806 g/mol. The number of aliphatic hydroxyl groups excluding tert-OH is 1. The Morgan fingerprint density at radius 1 is 1.12 bits per heavy atom. The lowest BCUT2D eigenvalue weighted by atomic mass is 9.78. The molecule has 13 nitrogen and oxygen atoms in total. The van der Waals surface area contributed by atoms with Crippen molar-refractivity contribution in [3.05, 3.63) is 57.4 Å². The molecule has 1 aromatic carbocycles. The second-order valence-corrected chi connectivity index (χ2v) is 17.1. The third-order valence-corrected chi connectivity index (χ3v) is 12.2. The van der Waals surface area contributed by atoms with Crippen molar-refractivity contribution in [1.29, 1.82) is 0 Å². The van der Waals surface area contributed by atoms with E-state index >= 15 is 0 Å². The molecule has 0 radical (unpaired) electrons. The fraction of sp³-hybridized carbons (Fsp3) is 0.622. The Balaban J connectivity index is 1.90. The quantitative estimate of drug-likeness (QED) is 0.206. The molecule has 8 atom stereocenters. The summed E-state index contributed by atoms with van der Waals surface area (Å²) >= 11 is 0. The van der Waals surface area contributed by atoms with Crippen LogP contribution in [-0.4, -0.2) is 109 Å². The molecule has 320 valence electrons. The molecule has 1 aliphatic carbocycles. The standard InChI is InChI=1S/C45H67N5O8/c1-13-50(12)23-31(21-46-10)22-48-36-35(47-11)32-33-39(53)29(7)42-34(32)43(55)45(9,58-42)19-15-18-25(3)41(57-30(8)51)28(6)38(52)27(5)20-24(2)16-14-17-26(4)44(56)49-37(36)40(33)54/h14,16-17,24-25,27-28,31,38,41,46,48,52-53H,13,15,18-23H2,1-12H3,(H,49,56)/b16-14+,26-17-,47-35?/t24-,25+,27+,28+,31-,38+,41+,45+/m0/s1. The number of amides is 1. The van der Waals surface area contributed by atoms with Crippen LogP contribution in [-0.2, 0) is 14.3 Å². The van der Waals surface area contributed by atoms with Crippen molar-refractivity contribution in [2.75, 3.05) is 47.3 Å². The van der Waals surface area contributed by atoms with Crippen molar-refractivity contribution in [2.24, 2.45) is 34.6 Å². The zero-order valence-electron chi connectivity index (χ0n) is 36.7. The highest BCUT2D eigenvalue weighted by Gasteiger charge is 2.50. The number of phenolic OH excluding ortho intramolecular Hbond substituents is 1. The van der Waals surface area contributed by atoms with Gasteiger partial charge in [0.1, 0.15) is 23.3 Å². The number of carbonyl (C=O) groups excluding carboxylic acids is 4. The van der Waals surface area contributed by atoms with Crippen molar-refractivity contribution in [3.8, 4) is 11.5 Å². The number of carbonyl (C=O) groups is 4. The number of aromatic hydroxyl groups is 1. The number of Topliss-reactive ketones (excluding diaryl/α,β-unsaturated/α-hetero) is 2. The zero-order chi connectivity index (χ0) is 43.2. The van der Waals surface area contributed by atoms with E-state index in [4.69, 9.17) is 9.47 Å². The van der Waals surface area contributed by atoms with Gasteiger partial charge in [0.25, 0.3) is 5.91 Å². The summed E-state index contributed by atoms with van der Waals surface area (Å²) in [5, 5.41) is 32.8. The molecule has 3 heterocycles. The van der Waals surface area contributed by atoms with E-state index in [0.717, 1.165) is 13.1 Å². The summed E-state index contributed by atoms with van der Waals surface area (Å²) in [6, 6.07) is 0. The fourth-order valence-corrected chi connectivity index (χ4v) is 8.70. The van der Waals surface area contributed by atoms with Crippen molar-refractivity contribution in [3.63, 3.8) is 0 Å². The summed E-state index contributed by atoms with van der Waals surface area (Å²) in [6.07, 6.45) is 6.12.